The van der Waals surface area contributed by atoms with Crippen LogP contribution in [-0.2, 0) is 6.42 Å². The van der Waals surface area contributed by atoms with E-state index in [1.807, 2.05) is 0 Å². The molecule has 1 N–H and O–H groups in total. The van der Waals surface area contributed by atoms with E-state index >= 15 is 0 Å². The Balaban J connectivity index is 1.83. The van der Waals surface area contributed by atoms with Gasteiger partial charge in [-0.1, -0.05) is 44.5 Å². The molecule has 3 rings (SSSR count). The number of hydrogen-bond acceptors (Lipinski definition) is 1. The van der Waals surface area contributed by atoms with Gasteiger partial charge >= 0.3 is 0 Å². The molecule has 0 heterocycles. The second kappa shape index (κ2) is 4.63. The quantitative estimate of drug-likeness (QED) is 0.850. The molecule has 1 aromatic rings. The zero-order valence-electron chi connectivity index (χ0n) is 12.3. The van der Waals surface area contributed by atoms with Crippen molar-refractivity contribution in [3.8, 4) is 0 Å². The summed E-state index contributed by atoms with van der Waals surface area (Å²) in [5.74, 6) is 0.697. The molecule has 1 atom stereocenters. The average Bonchev–Trinajstić information content (AvgIpc) is 3.06. The Morgan fingerprint density at radius 1 is 1.16 bits per heavy atom. The number of aliphatic hydroxyl groups is 1. The van der Waals surface area contributed by atoms with Crippen molar-refractivity contribution < 1.29 is 5.11 Å². The number of rotatable bonds is 3. The van der Waals surface area contributed by atoms with Gasteiger partial charge < -0.3 is 5.11 Å². The number of benzene rings is 1. The second-order valence-electron chi connectivity index (χ2n) is 7.56. The second-order valence-corrected chi connectivity index (χ2v) is 7.56. The van der Waals surface area contributed by atoms with Gasteiger partial charge in [0.05, 0.1) is 5.60 Å². The third-order valence-electron chi connectivity index (χ3n) is 5.05. The molecule has 1 unspecified atom stereocenters. The Labute approximate surface area is 117 Å². The molecule has 2 saturated carbocycles. The van der Waals surface area contributed by atoms with Crippen LogP contribution in [0.3, 0.4) is 0 Å². The van der Waals surface area contributed by atoms with E-state index in [4.69, 9.17) is 0 Å². The van der Waals surface area contributed by atoms with Crippen LogP contribution in [0.5, 0.6) is 0 Å². The SMILES string of the molecule is CC1(C)CCCC(c2ccccc2CC2(O)CC2)C1. The van der Waals surface area contributed by atoms with Gasteiger partial charge in [0.2, 0.25) is 0 Å². The third-order valence-corrected chi connectivity index (χ3v) is 5.05. The molecular weight excluding hydrogens is 232 g/mol. The van der Waals surface area contributed by atoms with Crippen LogP contribution in [0.25, 0.3) is 0 Å². The maximum Gasteiger partial charge on any atom is 0.0690 e. The van der Waals surface area contributed by atoms with Gasteiger partial charge in [-0.05, 0) is 54.6 Å². The van der Waals surface area contributed by atoms with Gasteiger partial charge in [0.25, 0.3) is 0 Å². The third kappa shape index (κ3) is 3.02. The van der Waals surface area contributed by atoms with Gasteiger partial charge in [-0.15, -0.1) is 0 Å². The van der Waals surface area contributed by atoms with Crippen LogP contribution in [0.2, 0.25) is 0 Å². The Kier molecular flexibility index (Phi) is 3.21. The normalized spacial score (nSPS) is 28.1. The van der Waals surface area contributed by atoms with Crippen LogP contribution in [0.15, 0.2) is 24.3 Å². The zero-order chi connectivity index (χ0) is 13.5. The highest BCUT2D eigenvalue weighted by Crippen LogP contribution is 2.46. The van der Waals surface area contributed by atoms with Crippen molar-refractivity contribution in [2.75, 3.05) is 0 Å². The molecule has 1 heteroatoms. The van der Waals surface area contributed by atoms with Crippen molar-refractivity contribution >= 4 is 0 Å². The van der Waals surface area contributed by atoms with Gasteiger partial charge in [0, 0.05) is 6.42 Å². The van der Waals surface area contributed by atoms with Gasteiger partial charge in [0.1, 0.15) is 0 Å². The summed E-state index contributed by atoms with van der Waals surface area (Å²) in [5.41, 5.74) is 3.01. The monoisotopic (exact) mass is 258 g/mol. The largest absolute Gasteiger partial charge is 0.390 e. The van der Waals surface area contributed by atoms with Crippen molar-refractivity contribution in [3.63, 3.8) is 0 Å². The summed E-state index contributed by atoms with van der Waals surface area (Å²) < 4.78 is 0. The highest BCUT2D eigenvalue weighted by Gasteiger charge is 2.41. The van der Waals surface area contributed by atoms with E-state index < -0.39 is 0 Å². The van der Waals surface area contributed by atoms with Crippen molar-refractivity contribution in [1.29, 1.82) is 0 Å². The van der Waals surface area contributed by atoms with E-state index in [9.17, 15) is 5.11 Å². The van der Waals surface area contributed by atoms with Gasteiger partial charge in [-0.25, -0.2) is 0 Å². The van der Waals surface area contributed by atoms with Crippen LogP contribution >= 0.6 is 0 Å². The Hall–Kier alpha value is -0.820. The lowest BCUT2D eigenvalue weighted by molar-refractivity contribution is 0.150. The standard InChI is InChI=1S/C18H26O/c1-17(2)9-5-7-14(12-17)16-8-4-3-6-15(16)13-18(19)10-11-18/h3-4,6,8,14,19H,5,7,9-13H2,1-2H3. The van der Waals surface area contributed by atoms with E-state index in [2.05, 4.69) is 38.1 Å². The molecule has 0 radical (unpaired) electrons. The predicted octanol–water partition coefficient (Wildman–Crippen LogP) is 4.44. The molecule has 2 aliphatic rings. The molecule has 104 valence electrons. The van der Waals surface area contributed by atoms with Crippen LogP contribution in [0.1, 0.15) is 69.4 Å². The summed E-state index contributed by atoms with van der Waals surface area (Å²) in [6, 6.07) is 8.82. The van der Waals surface area contributed by atoms with Crippen LogP contribution in [0.4, 0.5) is 0 Å². The van der Waals surface area contributed by atoms with Crippen molar-refractivity contribution in [1.82, 2.24) is 0 Å². The van der Waals surface area contributed by atoms with Gasteiger partial charge in [-0.2, -0.15) is 0 Å². The lowest BCUT2D eigenvalue weighted by Gasteiger charge is -2.36. The summed E-state index contributed by atoms with van der Waals surface area (Å²) in [6.07, 6.45) is 8.14. The Bertz CT molecular complexity index is 457. The lowest BCUT2D eigenvalue weighted by atomic mass is 9.69. The van der Waals surface area contributed by atoms with Crippen molar-refractivity contribution in [2.24, 2.45) is 5.41 Å². The van der Waals surface area contributed by atoms with Gasteiger partial charge in [-0.3, -0.25) is 0 Å². The molecule has 19 heavy (non-hydrogen) atoms. The molecule has 0 amide bonds. The van der Waals surface area contributed by atoms with E-state index in [0.717, 1.165) is 19.3 Å². The summed E-state index contributed by atoms with van der Waals surface area (Å²) in [4.78, 5) is 0. The average molecular weight is 258 g/mol. The smallest absolute Gasteiger partial charge is 0.0690 e. The van der Waals surface area contributed by atoms with Crippen molar-refractivity contribution in [2.45, 2.75) is 70.3 Å². The van der Waals surface area contributed by atoms with Crippen LogP contribution in [-0.4, -0.2) is 10.7 Å². The lowest BCUT2D eigenvalue weighted by Crippen LogP contribution is -2.23. The Morgan fingerprint density at radius 2 is 1.89 bits per heavy atom. The van der Waals surface area contributed by atoms with Crippen molar-refractivity contribution in [3.05, 3.63) is 35.4 Å². The molecule has 0 bridgehead atoms. The predicted molar refractivity (Wildman–Crippen MR) is 79.3 cm³/mol. The summed E-state index contributed by atoms with van der Waals surface area (Å²) >= 11 is 0. The summed E-state index contributed by atoms with van der Waals surface area (Å²) in [7, 11) is 0. The summed E-state index contributed by atoms with van der Waals surface area (Å²) in [5, 5.41) is 10.2. The fourth-order valence-corrected chi connectivity index (χ4v) is 3.73. The maximum atomic E-state index is 10.2. The summed E-state index contributed by atoms with van der Waals surface area (Å²) in [6.45, 7) is 4.80. The molecule has 2 fully saturated rings. The van der Waals surface area contributed by atoms with Crippen LogP contribution < -0.4 is 0 Å². The van der Waals surface area contributed by atoms with Gasteiger partial charge in [0.15, 0.2) is 0 Å². The molecule has 0 saturated heterocycles. The van der Waals surface area contributed by atoms with E-state index in [-0.39, 0.29) is 5.60 Å². The highest BCUT2D eigenvalue weighted by molar-refractivity contribution is 5.33. The van der Waals surface area contributed by atoms with E-state index in [1.165, 1.54) is 36.8 Å². The fraction of sp³-hybridized carbons (Fsp3) is 0.667. The van der Waals surface area contributed by atoms with E-state index in [0.29, 0.717) is 11.3 Å². The highest BCUT2D eigenvalue weighted by atomic mass is 16.3. The minimum absolute atomic E-state index is 0.375. The fourth-order valence-electron chi connectivity index (χ4n) is 3.73. The molecule has 1 nitrogen and oxygen atoms in total. The first-order valence-corrected chi connectivity index (χ1v) is 7.78. The van der Waals surface area contributed by atoms with Crippen LogP contribution in [0, 0.1) is 5.41 Å². The first-order chi connectivity index (χ1) is 8.98. The minimum Gasteiger partial charge on any atom is -0.390 e. The maximum absolute atomic E-state index is 10.2. The van der Waals surface area contributed by atoms with E-state index in [1.54, 1.807) is 0 Å². The Morgan fingerprint density at radius 3 is 2.58 bits per heavy atom. The minimum atomic E-state index is -0.375. The molecule has 0 spiro atoms. The first-order valence-electron chi connectivity index (χ1n) is 7.78. The molecular formula is C18H26O. The number of hydrogen-bond donors (Lipinski definition) is 1. The zero-order valence-corrected chi connectivity index (χ0v) is 12.3. The topological polar surface area (TPSA) is 20.2 Å². The molecule has 0 aromatic heterocycles. The molecule has 0 aliphatic heterocycles. The molecule has 1 aromatic carbocycles. The first kappa shape index (κ1) is 13.2. The molecule has 2 aliphatic carbocycles.